The monoisotopic (exact) mass is 334 g/mol. The average molecular weight is 334 g/mol. The van der Waals surface area contributed by atoms with Crippen LogP contribution >= 0.6 is 0 Å². The summed E-state index contributed by atoms with van der Waals surface area (Å²) in [5.74, 6) is -0.255. The molecular weight excluding hydrogens is 315 g/mol. The van der Waals surface area contributed by atoms with Crippen molar-refractivity contribution in [2.24, 2.45) is 0 Å². The van der Waals surface area contributed by atoms with Crippen molar-refractivity contribution >= 4 is 15.7 Å². The molecule has 0 bridgehead atoms. The van der Waals surface area contributed by atoms with E-state index in [-0.39, 0.29) is 11.6 Å². The minimum absolute atomic E-state index is 0.0216. The van der Waals surface area contributed by atoms with E-state index in [9.17, 15) is 12.8 Å². The summed E-state index contributed by atoms with van der Waals surface area (Å²) in [6.45, 7) is 1.98. The number of nitrogens with zero attached hydrogens (tertiary/aromatic N) is 2. The van der Waals surface area contributed by atoms with E-state index in [4.69, 9.17) is 0 Å². The number of halogens is 1. The molecule has 0 N–H and O–H groups in total. The number of sulfonamides is 1. The highest BCUT2D eigenvalue weighted by molar-refractivity contribution is 7.88. The molecule has 2 aromatic carbocycles. The van der Waals surface area contributed by atoms with Gasteiger partial charge in [-0.1, -0.05) is 36.4 Å². The number of rotatable bonds is 4. The lowest BCUT2D eigenvalue weighted by atomic mass is 10.2. The SMILES string of the molecule is O=S(=O)(Cc1ccccc1)N1CCN(c2cccc(F)c2)CC1. The van der Waals surface area contributed by atoms with E-state index >= 15 is 0 Å². The second-order valence-corrected chi connectivity index (χ2v) is 7.58. The molecule has 4 nitrogen and oxygen atoms in total. The zero-order valence-electron chi connectivity index (χ0n) is 12.7. The van der Waals surface area contributed by atoms with E-state index in [1.54, 1.807) is 6.07 Å². The van der Waals surface area contributed by atoms with Gasteiger partial charge in [-0.3, -0.25) is 0 Å². The average Bonchev–Trinajstić information content (AvgIpc) is 2.55. The quantitative estimate of drug-likeness (QED) is 0.862. The molecule has 0 atom stereocenters. The van der Waals surface area contributed by atoms with Gasteiger partial charge in [-0.05, 0) is 23.8 Å². The van der Waals surface area contributed by atoms with E-state index in [2.05, 4.69) is 0 Å². The standard InChI is InChI=1S/C17H19FN2O2S/c18-16-7-4-8-17(13-16)19-9-11-20(12-10-19)23(21,22)14-15-5-2-1-3-6-15/h1-8,13H,9-12,14H2. The molecule has 23 heavy (non-hydrogen) atoms. The van der Waals surface area contributed by atoms with Gasteiger partial charge in [0.05, 0.1) is 5.75 Å². The highest BCUT2D eigenvalue weighted by atomic mass is 32.2. The molecule has 0 radical (unpaired) electrons. The van der Waals surface area contributed by atoms with Gasteiger partial charge >= 0.3 is 0 Å². The van der Waals surface area contributed by atoms with Gasteiger partial charge in [0.2, 0.25) is 10.0 Å². The summed E-state index contributed by atoms with van der Waals surface area (Å²) in [5.41, 5.74) is 1.59. The van der Waals surface area contributed by atoms with E-state index < -0.39 is 10.0 Å². The third kappa shape index (κ3) is 3.89. The molecule has 122 valence electrons. The molecule has 1 aliphatic rings. The van der Waals surface area contributed by atoms with Crippen LogP contribution in [0.3, 0.4) is 0 Å². The second kappa shape index (κ2) is 6.68. The maximum absolute atomic E-state index is 13.3. The lowest BCUT2D eigenvalue weighted by Crippen LogP contribution is -2.49. The van der Waals surface area contributed by atoms with Gasteiger partial charge in [0.1, 0.15) is 5.82 Å². The normalized spacial score (nSPS) is 16.5. The Morgan fingerprint density at radius 2 is 1.61 bits per heavy atom. The summed E-state index contributed by atoms with van der Waals surface area (Å²) in [6.07, 6.45) is 0. The van der Waals surface area contributed by atoms with Crippen molar-refractivity contribution in [2.45, 2.75) is 5.75 Å². The van der Waals surface area contributed by atoms with E-state index in [0.717, 1.165) is 11.3 Å². The van der Waals surface area contributed by atoms with Crippen LogP contribution in [0.15, 0.2) is 54.6 Å². The maximum Gasteiger partial charge on any atom is 0.218 e. The van der Waals surface area contributed by atoms with Crippen LogP contribution in [0.25, 0.3) is 0 Å². The summed E-state index contributed by atoms with van der Waals surface area (Å²) in [7, 11) is -3.32. The van der Waals surface area contributed by atoms with Gasteiger partial charge in [-0.2, -0.15) is 4.31 Å². The summed E-state index contributed by atoms with van der Waals surface area (Å²) in [4.78, 5) is 2.01. The molecule has 0 unspecified atom stereocenters. The lowest BCUT2D eigenvalue weighted by molar-refractivity contribution is 0.384. The molecule has 1 heterocycles. The summed E-state index contributed by atoms with van der Waals surface area (Å²) in [5, 5.41) is 0. The Labute approximate surface area is 136 Å². The van der Waals surface area contributed by atoms with Crippen molar-refractivity contribution in [2.75, 3.05) is 31.1 Å². The summed E-state index contributed by atoms with van der Waals surface area (Å²) in [6, 6.07) is 15.6. The van der Waals surface area contributed by atoms with Crippen molar-refractivity contribution in [3.63, 3.8) is 0 Å². The van der Waals surface area contributed by atoms with Crippen LogP contribution in [0.2, 0.25) is 0 Å². The first-order chi connectivity index (χ1) is 11.0. The number of piperazine rings is 1. The van der Waals surface area contributed by atoms with Gasteiger partial charge in [0, 0.05) is 31.9 Å². The van der Waals surface area contributed by atoms with Crippen molar-refractivity contribution in [3.05, 3.63) is 66.0 Å². The third-order valence-corrected chi connectivity index (χ3v) is 5.85. The molecule has 1 aliphatic heterocycles. The topological polar surface area (TPSA) is 40.6 Å². The maximum atomic E-state index is 13.3. The van der Waals surface area contributed by atoms with E-state index in [1.165, 1.54) is 16.4 Å². The van der Waals surface area contributed by atoms with Gasteiger partial charge in [-0.25, -0.2) is 12.8 Å². The zero-order chi connectivity index (χ0) is 16.3. The lowest BCUT2D eigenvalue weighted by Gasteiger charge is -2.35. The van der Waals surface area contributed by atoms with Crippen LogP contribution < -0.4 is 4.90 Å². The Balaban J connectivity index is 1.64. The molecule has 0 spiro atoms. The molecule has 0 saturated carbocycles. The second-order valence-electron chi connectivity index (χ2n) is 5.61. The minimum atomic E-state index is -3.32. The van der Waals surface area contributed by atoms with Crippen LogP contribution in [-0.2, 0) is 15.8 Å². The molecule has 2 aromatic rings. The highest BCUT2D eigenvalue weighted by Crippen LogP contribution is 2.19. The van der Waals surface area contributed by atoms with Crippen LogP contribution in [-0.4, -0.2) is 38.9 Å². The predicted molar refractivity (Wildman–Crippen MR) is 89.3 cm³/mol. The van der Waals surface area contributed by atoms with Gasteiger partial charge in [0.25, 0.3) is 0 Å². The van der Waals surface area contributed by atoms with Gasteiger partial charge in [0.15, 0.2) is 0 Å². The molecule has 0 aromatic heterocycles. The Kier molecular flexibility index (Phi) is 4.63. The van der Waals surface area contributed by atoms with Gasteiger partial charge in [-0.15, -0.1) is 0 Å². The number of hydrogen-bond acceptors (Lipinski definition) is 3. The minimum Gasteiger partial charge on any atom is -0.369 e. The smallest absolute Gasteiger partial charge is 0.218 e. The van der Waals surface area contributed by atoms with E-state index in [1.807, 2.05) is 41.3 Å². The first-order valence-corrected chi connectivity index (χ1v) is 9.18. The zero-order valence-corrected chi connectivity index (χ0v) is 13.5. The largest absolute Gasteiger partial charge is 0.369 e. The third-order valence-electron chi connectivity index (χ3n) is 4.00. The summed E-state index contributed by atoms with van der Waals surface area (Å²) < 4.78 is 39.8. The van der Waals surface area contributed by atoms with Crippen molar-refractivity contribution in [1.82, 2.24) is 4.31 Å². The number of hydrogen-bond donors (Lipinski definition) is 0. The highest BCUT2D eigenvalue weighted by Gasteiger charge is 2.27. The van der Waals surface area contributed by atoms with Crippen LogP contribution in [0.4, 0.5) is 10.1 Å². The van der Waals surface area contributed by atoms with Crippen molar-refractivity contribution in [3.8, 4) is 0 Å². The molecular formula is C17H19FN2O2S. The first-order valence-electron chi connectivity index (χ1n) is 7.57. The van der Waals surface area contributed by atoms with Crippen molar-refractivity contribution < 1.29 is 12.8 Å². The Morgan fingerprint density at radius 1 is 0.913 bits per heavy atom. The molecule has 6 heteroatoms. The molecule has 0 aliphatic carbocycles. The van der Waals surface area contributed by atoms with Crippen LogP contribution in [0, 0.1) is 5.82 Å². The molecule has 1 fully saturated rings. The Morgan fingerprint density at radius 3 is 2.26 bits per heavy atom. The summed E-state index contributed by atoms with van der Waals surface area (Å²) >= 11 is 0. The van der Waals surface area contributed by atoms with Crippen molar-refractivity contribution in [1.29, 1.82) is 0 Å². The van der Waals surface area contributed by atoms with Crippen LogP contribution in [0.5, 0.6) is 0 Å². The fourth-order valence-electron chi connectivity index (χ4n) is 2.77. The van der Waals surface area contributed by atoms with Gasteiger partial charge < -0.3 is 4.90 Å². The predicted octanol–water partition coefficient (Wildman–Crippen LogP) is 2.48. The fourth-order valence-corrected chi connectivity index (χ4v) is 4.29. The Hall–Kier alpha value is -1.92. The number of benzene rings is 2. The molecule has 0 amide bonds. The molecule has 1 saturated heterocycles. The van der Waals surface area contributed by atoms with Crippen LogP contribution in [0.1, 0.15) is 5.56 Å². The van der Waals surface area contributed by atoms with E-state index in [0.29, 0.717) is 26.2 Å². The number of anilines is 1. The Bertz CT molecular complexity index is 757. The first kappa shape index (κ1) is 16.0. The fraction of sp³-hybridized carbons (Fsp3) is 0.294. The molecule has 3 rings (SSSR count).